The number of aliphatic hydroxyl groups excluding tert-OH is 12. The average Bonchev–Trinajstić information content (AvgIpc) is 1.71. The standard InChI is InChI=1S/C59H80N12O25S/c1-22(24-5-3-2-4-6-24)35-51(87)65-27(13-23-7-9-26(10-8-23)91-56-45(83)42(80)47(32(19-74)93-56)96-57-46(84)43(81)48-33(94-57)20-90-55(95-48)25-11-12-97-21-25)50(86)69-36(38(76)28-14-63-58(60)67-28)53(89)70-37(52(88)66-29(17-72)49(85)62-16-34(75)68-35)39(77)30-15-64-59(61)71(30)54-44(82)41(79)40(78)31(18-73)92-54/h2-12,21-22,27-33,35-48,54-57,72-74,76-84H,13-20H2,1H3,(H2,61,64)(H,62,85)(H,65,87)(H,66,88)(H,68,75)(H,69,86)(H,70,89)(H3,60,63,67). The van der Waals surface area contributed by atoms with Crippen molar-refractivity contribution in [2.24, 2.45) is 0 Å². The van der Waals surface area contributed by atoms with Crippen molar-refractivity contribution >= 4 is 58.7 Å². The first-order valence-corrected chi connectivity index (χ1v) is 32.0. The number of carbonyl (C=O) groups is 6. The van der Waals surface area contributed by atoms with E-state index in [1.807, 2.05) is 5.38 Å². The van der Waals surface area contributed by atoms with Crippen molar-refractivity contribution in [1.82, 2.24) is 52.8 Å². The van der Waals surface area contributed by atoms with E-state index in [1.165, 1.54) is 35.6 Å². The number of ether oxygens (including phenoxy) is 7. The Balaban J connectivity index is 0.915. The number of fused-ring (bicyclic) bond motifs is 1. The lowest BCUT2D eigenvalue weighted by molar-refractivity contribution is -0.383. The van der Waals surface area contributed by atoms with Crippen LogP contribution >= 0.6 is 11.3 Å². The molecule has 7 saturated heterocycles. The Labute approximate surface area is 555 Å². The van der Waals surface area contributed by atoms with E-state index in [1.54, 1.807) is 48.7 Å². The molecule has 38 heteroatoms. The maximum atomic E-state index is 15.2. The largest absolute Gasteiger partial charge is 0.462 e. The van der Waals surface area contributed by atoms with Gasteiger partial charge in [0.2, 0.25) is 41.7 Å². The number of thiophene rings is 1. The van der Waals surface area contributed by atoms with Crippen LogP contribution in [0.5, 0.6) is 5.75 Å². The summed E-state index contributed by atoms with van der Waals surface area (Å²) in [6.07, 6.45) is -30.6. The highest BCUT2D eigenvalue weighted by atomic mass is 32.1. The average molecular weight is 1390 g/mol. The van der Waals surface area contributed by atoms with Gasteiger partial charge in [-0.3, -0.25) is 39.6 Å². The number of nitrogens with zero attached hydrogens (tertiary/aromatic N) is 1. The molecule has 97 heavy (non-hydrogen) atoms. The molecule has 532 valence electrons. The van der Waals surface area contributed by atoms with Crippen molar-refractivity contribution in [2.45, 2.75) is 172 Å². The van der Waals surface area contributed by atoms with Gasteiger partial charge in [0.15, 0.2) is 30.7 Å². The molecule has 10 rings (SSSR count). The summed E-state index contributed by atoms with van der Waals surface area (Å²) < 4.78 is 41.0. The molecule has 7 fully saturated rings. The van der Waals surface area contributed by atoms with E-state index >= 15 is 9.59 Å². The number of amides is 6. The van der Waals surface area contributed by atoms with E-state index in [0.29, 0.717) is 11.1 Å². The second kappa shape index (κ2) is 31.6. The van der Waals surface area contributed by atoms with Crippen LogP contribution in [0.4, 0.5) is 0 Å². The second-order valence-corrected chi connectivity index (χ2v) is 25.1. The van der Waals surface area contributed by atoms with Crippen molar-refractivity contribution in [2.75, 3.05) is 46.1 Å². The van der Waals surface area contributed by atoms with Crippen LogP contribution in [0.25, 0.3) is 0 Å². The lowest BCUT2D eigenvalue weighted by atomic mass is 9.92. The van der Waals surface area contributed by atoms with E-state index in [-0.39, 0.29) is 30.4 Å². The fraction of sp³-hybridized carbons (Fsp3) is 0.593. The lowest BCUT2D eigenvalue weighted by Crippen LogP contribution is -2.69. The zero-order valence-corrected chi connectivity index (χ0v) is 52.4. The van der Waals surface area contributed by atoms with Gasteiger partial charge < -0.3 is 147 Å². The Morgan fingerprint density at radius 2 is 1.29 bits per heavy atom. The van der Waals surface area contributed by atoms with Crippen LogP contribution < -0.4 is 52.6 Å². The second-order valence-electron chi connectivity index (χ2n) is 24.3. The normalized spacial score (nSPS) is 37.4. The molecule has 0 spiro atoms. The maximum Gasteiger partial charge on any atom is 0.246 e. The van der Waals surface area contributed by atoms with Crippen LogP contribution in [-0.4, -0.2) is 306 Å². The number of benzene rings is 2. The summed E-state index contributed by atoms with van der Waals surface area (Å²) in [5, 5.41) is 176. The zero-order chi connectivity index (χ0) is 69.7. The fourth-order valence-electron chi connectivity index (χ4n) is 12.4. The van der Waals surface area contributed by atoms with E-state index in [2.05, 4.69) is 47.9 Å². The number of nitrogens with one attached hydrogen (secondary N) is 11. The molecule has 0 radical (unpaired) electrons. The highest BCUT2D eigenvalue weighted by Crippen LogP contribution is 2.37. The summed E-state index contributed by atoms with van der Waals surface area (Å²) in [4.78, 5) is 88.2. The van der Waals surface area contributed by atoms with Crippen LogP contribution in [0.1, 0.15) is 35.8 Å². The lowest BCUT2D eigenvalue weighted by Gasteiger charge is -2.48. The van der Waals surface area contributed by atoms with Gasteiger partial charge in [-0.1, -0.05) is 49.4 Å². The third-order valence-corrected chi connectivity index (χ3v) is 18.6. The van der Waals surface area contributed by atoms with Crippen molar-refractivity contribution in [3.8, 4) is 5.75 Å². The van der Waals surface area contributed by atoms with Gasteiger partial charge in [-0.25, -0.2) is 0 Å². The number of rotatable bonds is 17. The molecule has 0 saturated carbocycles. The van der Waals surface area contributed by atoms with Gasteiger partial charge in [-0.05, 0) is 40.1 Å². The summed E-state index contributed by atoms with van der Waals surface area (Å²) >= 11 is 1.40. The van der Waals surface area contributed by atoms with Crippen LogP contribution in [0, 0.1) is 10.8 Å². The topological polar surface area (TPSA) is 569 Å². The molecule has 7 aliphatic rings. The van der Waals surface area contributed by atoms with Crippen LogP contribution in [0.2, 0.25) is 0 Å². The summed E-state index contributed by atoms with van der Waals surface area (Å²) in [6, 6.07) is 2.71. The Morgan fingerprint density at radius 3 is 1.96 bits per heavy atom. The van der Waals surface area contributed by atoms with E-state index < -0.39 is 239 Å². The summed E-state index contributed by atoms with van der Waals surface area (Å²) in [7, 11) is 0. The molecule has 26 unspecified atom stereocenters. The minimum Gasteiger partial charge on any atom is -0.462 e. The molecule has 26 atom stereocenters. The van der Waals surface area contributed by atoms with Crippen molar-refractivity contribution in [3.63, 3.8) is 0 Å². The molecule has 8 heterocycles. The molecule has 2 aromatic carbocycles. The van der Waals surface area contributed by atoms with E-state index in [0.717, 1.165) is 4.90 Å². The number of carbonyl (C=O) groups excluding carboxylic acids is 6. The Hall–Kier alpha value is -7.42. The molecule has 23 N–H and O–H groups in total. The van der Waals surface area contributed by atoms with Gasteiger partial charge in [0.1, 0.15) is 121 Å². The summed E-state index contributed by atoms with van der Waals surface area (Å²) in [5.41, 5.74) is 1.42. The minimum absolute atomic E-state index is 0.0465. The smallest absolute Gasteiger partial charge is 0.246 e. The number of aliphatic hydroxyl groups is 12. The molecule has 0 bridgehead atoms. The van der Waals surface area contributed by atoms with Gasteiger partial charge in [0.25, 0.3) is 0 Å². The Kier molecular flexibility index (Phi) is 23.6. The first-order valence-electron chi connectivity index (χ1n) is 31.0. The van der Waals surface area contributed by atoms with Gasteiger partial charge in [0, 0.05) is 31.0 Å². The summed E-state index contributed by atoms with van der Waals surface area (Å²) in [6.45, 7) is -3.07. The van der Waals surface area contributed by atoms with Gasteiger partial charge in [-0.15, -0.1) is 0 Å². The molecular weight excluding hydrogens is 1310 g/mol. The monoisotopic (exact) mass is 1390 g/mol. The van der Waals surface area contributed by atoms with E-state index in [4.69, 9.17) is 44.0 Å². The predicted molar refractivity (Wildman–Crippen MR) is 326 cm³/mol. The third-order valence-electron chi connectivity index (χ3n) is 17.9. The molecule has 37 nitrogen and oxygen atoms in total. The fourth-order valence-corrected chi connectivity index (χ4v) is 13.0. The number of hydrogen-bond acceptors (Lipinski definition) is 28. The van der Waals surface area contributed by atoms with Gasteiger partial charge in [-0.2, -0.15) is 11.3 Å². The van der Waals surface area contributed by atoms with Crippen LogP contribution in [0.15, 0.2) is 71.4 Å². The number of guanidine groups is 2. The van der Waals surface area contributed by atoms with Crippen molar-refractivity contribution in [3.05, 3.63) is 88.1 Å². The highest BCUT2D eigenvalue weighted by Gasteiger charge is 2.56. The molecule has 6 amide bonds. The SMILES string of the molecule is CC(c1ccccc1)C1NC(=O)CNC(=O)C(CO)NC(=O)C(C(O)C2CNC(=N)N2C2OC(CO)C(O)C(O)C2O)NC(=O)C(C(O)C2CNC(=N)N2)NC(=O)C(Cc2ccc(OC3OC(CO)C(OC4OC5COC(c6ccsc6)OC5C(O)C4O)C(O)C3O)cc2)NC1=O. The van der Waals surface area contributed by atoms with Crippen molar-refractivity contribution < 1.29 is 123 Å². The maximum absolute atomic E-state index is 15.2. The van der Waals surface area contributed by atoms with Gasteiger partial charge >= 0.3 is 0 Å². The first-order chi connectivity index (χ1) is 46.4. The Bertz CT molecular complexity index is 3240. The number of hydrogen-bond donors (Lipinski definition) is 23. The van der Waals surface area contributed by atoms with Crippen molar-refractivity contribution in [1.29, 1.82) is 10.8 Å². The molecule has 3 aromatic rings. The molecule has 1 aromatic heterocycles. The quantitative estimate of drug-likeness (QED) is 0.0597. The molecule has 0 aliphatic carbocycles. The van der Waals surface area contributed by atoms with Crippen LogP contribution in [-0.2, 0) is 63.6 Å². The van der Waals surface area contributed by atoms with Crippen LogP contribution in [0.3, 0.4) is 0 Å². The molecule has 7 aliphatic heterocycles. The zero-order valence-electron chi connectivity index (χ0n) is 51.6. The minimum atomic E-state index is -2.35. The molecular formula is C59H80N12O25S. The third kappa shape index (κ3) is 16.0. The highest BCUT2D eigenvalue weighted by molar-refractivity contribution is 7.08. The predicted octanol–water partition coefficient (Wildman–Crippen LogP) is -10.4. The Morgan fingerprint density at radius 1 is 0.619 bits per heavy atom. The van der Waals surface area contributed by atoms with E-state index in [9.17, 15) is 80.5 Å². The first kappa shape index (κ1) is 72.3. The van der Waals surface area contributed by atoms with Gasteiger partial charge in [0.05, 0.1) is 45.1 Å². The summed E-state index contributed by atoms with van der Waals surface area (Å²) in [5.74, 6) is -9.20.